The number of nitro benzene ring substituents is 1. The molecule has 1 amide bonds. The van der Waals surface area contributed by atoms with Crippen LogP contribution in [0.25, 0.3) is 0 Å². The number of halogens is 1. The molecule has 11 heteroatoms. The molecule has 3 rings (SSSR count). The second-order valence-corrected chi connectivity index (χ2v) is 8.37. The van der Waals surface area contributed by atoms with Gasteiger partial charge in [0.25, 0.3) is 5.69 Å². The Morgan fingerprint density at radius 2 is 2.12 bits per heavy atom. The van der Waals surface area contributed by atoms with Gasteiger partial charge in [-0.15, -0.1) is 16.8 Å². The molecule has 0 radical (unpaired) electrons. The molecule has 1 atom stereocenters. The van der Waals surface area contributed by atoms with E-state index in [1.807, 2.05) is 23.6 Å². The van der Waals surface area contributed by atoms with Crippen LogP contribution in [0, 0.1) is 17.0 Å². The van der Waals surface area contributed by atoms with Crippen molar-refractivity contribution in [3.8, 4) is 5.75 Å². The summed E-state index contributed by atoms with van der Waals surface area (Å²) in [7, 11) is 0. The maximum atomic E-state index is 12.5. The minimum absolute atomic E-state index is 0.0388. The number of nitro groups is 1. The molecular weight excluding hydrogens is 466 g/mol. The summed E-state index contributed by atoms with van der Waals surface area (Å²) < 4.78 is 7.76. The molecular formula is C22H22ClN5O4S. The monoisotopic (exact) mass is 487 g/mol. The highest BCUT2D eigenvalue weighted by molar-refractivity contribution is 7.99. The van der Waals surface area contributed by atoms with Crippen molar-refractivity contribution >= 4 is 40.6 Å². The van der Waals surface area contributed by atoms with Crippen LogP contribution in [0.3, 0.4) is 0 Å². The molecule has 1 unspecified atom stereocenters. The van der Waals surface area contributed by atoms with Crippen molar-refractivity contribution in [2.75, 3.05) is 11.1 Å². The standard InChI is InChI=1S/C22H22ClN5O4S/c1-4-11-27-21(15(3)32-19-8-6-5-7-17(19)23)25-26-22(27)33-13-20(29)24-18-12-16(28(30)31)10-9-14(18)2/h4-10,12,15H,1,11,13H2,2-3H3,(H,24,29). The van der Waals surface area contributed by atoms with E-state index in [4.69, 9.17) is 16.3 Å². The lowest BCUT2D eigenvalue weighted by atomic mass is 10.2. The molecule has 9 nitrogen and oxygen atoms in total. The Kier molecular flexibility index (Phi) is 8.07. The first-order valence-corrected chi connectivity index (χ1v) is 11.3. The number of benzene rings is 2. The molecule has 1 heterocycles. The largest absolute Gasteiger partial charge is 0.481 e. The molecule has 0 spiro atoms. The smallest absolute Gasteiger partial charge is 0.271 e. The number of non-ortho nitro benzene ring substituents is 1. The number of aryl methyl sites for hydroxylation is 1. The molecule has 172 valence electrons. The molecule has 0 aliphatic heterocycles. The summed E-state index contributed by atoms with van der Waals surface area (Å²) in [5, 5.41) is 23.2. The number of nitrogens with zero attached hydrogens (tertiary/aromatic N) is 4. The van der Waals surface area contributed by atoms with Gasteiger partial charge in [-0.1, -0.05) is 47.6 Å². The van der Waals surface area contributed by atoms with Crippen LogP contribution in [0.15, 0.2) is 60.3 Å². The number of ether oxygens (including phenoxy) is 1. The van der Waals surface area contributed by atoms with Gasteiger partial charge in [-0.25, -0.2) is 0 Å². The fraction of sp³-hybridized carbons (Fsp3) is 0.227. The van der Waals surface area contributed by atoms with E-state index in [1.165, 1.54) is 23.9 Å². The van der Waals surface area contributed by atoms with Crippen molar-refractivity contribution in [1.29, 1.82) is 0 Å². The third-order valence-electron chi connectivity index (χ3n) is 4.60. The van der Waals surface area contributed by atoms with Gasteiger partial charge in [0.1, 0.15) is 5.75 Å². The molecule has 0 aliphatic rings. The minimum atomic E-state index is -0.505. The van der Waals surface area contributed by atoms with Gasteiger partial charge in [-0.2, -0.15) is 0 Å². The van der Waals surface area contributed by atoms with E-state index in [-0.39, 0.29) is 17.3 Å². The first-order chi connectivity index (χ1) is 15.8. The zero-order valence-electron chi connectivity index (χ0n) is 18.0. The Hall–Kier alpha value is -3.37. The second-order valence-electron chi connectivity index (χ2n) is 7.02. The van der Waals surface area contributed by atoms with Crippen LogP contribution in [-0.2, 0) is 11.3 Å². The van der Waals surface area contributed by atoms with Gasteiger partial charge < -0.3 is 10.1 Å². The van der Waals surface area contributed by atoms with E-state index in [9.17, 15) is 14.9 Å². The molecule has 1 N–H and O–H groups in total. The molecule has 33 heavy (non-hydrogen) atoms. The SMILES string of the molecule is C=CCn1c(SCC(=O)Nc2cc([N+](=O)[O-])ccc2C)nnc1C(C)Oc1ccccc1Cl. The van der Waals surface area contributed by atoms with Crippen molar-refractivity contribution in [3.05, 3.63) is 81.6 Å². The zero-order valence-corrected chi connectivity index (χ0v) is 19.6. The van der Waals surface area contributed by atoms with Crippen LogP contribution in [0.4, 0.5) is 11.4 Å². The molecule has 0 saturated carbocycles. The van der Waals surface area contributed by atoms with Gasteiger partial charge in [0.15, 0.2) is 17.1 Å². The van der Waals surface area contributed by atoms with Crippen LogP contribution in [0.1, 0.15) is 24.4 Å². The normalized spacial score (nSPS) is 11.6. The van der Waals surface area contributed by atoms with E-state index in [0.29, 0.717) is 34.0 Å². The van der Waals surface area contributed by atoms with Crippen molar-refractivity contribution in [2.24, 2.45) is 0 Å². The average Bonchev–Trinajstić information content (AvgIpc) is 3.18. The highest BCUT2D eigenvalue weighted by Gasteiger charge is 2.21. The van der Waals surface area contributed by atoms with Crippen LogP contribution < -0.4 is 10.1 Å². The van der Waals surface area contributed by atoms with Crippen molar-refractivity contribution in [1.82, 2.24) is 14.8 Å². The second kappa shape index (κ2) is 11.0. The molecule has 0 saturated heterocycles. The number of nitrogens with one attached hydrogen (secondary N) is 1. The van der Waals surface area contributed by atoms with Gasteiger partial charge in [0.05, 0.1) is 21.4 Å². The summed E-state index contributed by atoms with van der Waals surface area (Å²) in [6.45, 7) is 7.80. The summed E-state index contributed by atoms with van der Waals surface area (Å²) in [6.07, 6.45) is 1.25. The Balaban J connectivity index is 1.70. The predicted molar refractivity (Wildman–Crippen MR) is 128 cm³/mol. The maximum absolute atomic E-state index is 12.5. The van der Waals surface area contributed by atoms with E-state index in [0.717, 1.165) is 5.56 Å². The summed E-state index contributed by atoms with van der Waals surface area (Å²) in [5.41, 5.74) is 1.03. The van der Waals surface area contributed by atoms with Crippen molar-refractivity contribution < 1.29 is 14.5 Å². The number of carbonyl (C=O) groups is 1. The average molecular weight is 488 g/mol. The molecule has 2 aromatic carbocycles. The van der Waals surface area contributed by atoms with E-state index >= 15 is 0 Å². The number of aromatic nitrogens is 3. The number of anilines is 1. The molecule has 3 aromatic rings. The Labute approximate surface area is 200 Å². The molecule has 0 aliphatic carbocycles. The lowest BCUT2D eigenvalue weighted by Crippen LogP contribution is -2.16. The van der Waals surface area contributed by atoms with E-state index in [2.05, 4.69) is 22.1 Å². The number of hydrogen-bond acceptors (Lipinski definition) is 7. The summed E-state index contributed by atoms with van der Waals surface area (Å²) in [6, 6.07) is 11.5. The van der Waals surface area contributed by atoms with Crippen molar-refractivity contribution in [2.45, 2.75) is 31.7 Å². The van der Waals surface area contributed by atoms with Gasteiger partial charge in [-0.3, -0.25) is 19.5 Å². The fourth-order valence-corrected chi connectivity index (χ4v) is 3.90. The number of allylic oxidation sites excluding steroid dienone is 1. The third-order valence-corrected chi connectivity index (χ3v) is 5.88. The predicted octanol–water partition coefficient (Wildman–Crippen LogP) is 5.20. The topological polar surface area (TPSA) is 112 Å². The number of carbonyl (C=O) groups excluding carboxylic acids is 1. The first kappa shape index (κ1) is 24.3. The summed E-state index contributed by atoms with van der Waals surface area (Å²) in [5.74, 6) is 0.809. The minimum Gasteiger partial charge on any atom is -0.481 e. The number of rotatable bonds is 10. The Morgan fingerprint density at radius 1 is 1.36 bits per heavy atom. The Bertz CT molecular complexity index is 1180. The highest BCUT2D eigenvalue weighted by Crippen LogP contribution is 2.29. The van der Waals surface area contributed by atoms with Gasteiger partial charge >= 0.3 is 0 Å². The van der Waals surface area contributed by atoms with Gasteiger partial charge in [0.2, 0.25) is 5.91 Å². The number of para-hydroxylation sites is 1. The summed E-state index contributed by atoms with van der Waals surface area (Å²) >= 11 is 7.37. The number of thioether (sulfide) groups is 1. The van der Waals surface area contributed by atoms with Crippen LogP contribution in [0.5, 0.6) is 5.75 Å². The third kappa shape index (κ3) is 6.11. The Morgan fingerprint density at radius 3 is 2.82 bits per heavy atom. The van der Waals surface area contributed by atoms with E-state index in [1.54, 1.807) is 31.2 Å². The van der Waals surface area contributed by atoms with Gasteiger partial charge in [-0.05, 0) is 31.5 Å². The fourth-order valence-electron chi connectivity index (χ4n) is 2.97. The quantitative estimate of drug-likeness (QED) is 0.181. The van der Waals surface area contributed by atoms with Crippen molar-refractivity contribution in [3.63, 3.8) is 0 Å². The number of amides is 1. The van der Waals surface area contributed by atoms with Crippen LogP contribution >= 0.6 is 23.4 Å². The summed E-state index contributed by atoms with van der Waals surface area (Å²) in [4.78, 5) is 23.0. The zero-order chi connectivity index (χ0) is 24.0. The number of hydrogen-bond donors (Lipinski definition) is 1. The highest BCUT2D eigenvalue weighted by atomic mass is 35.5. The molecule has 0 fully saturated rings. The van der Waals surface area contributed by atoms with Crippen LogP contribution in [0.2, 0.25) is 5.02 Å². The molecule has 1 aromatic heterocycles. The maximum Gasteiger partial charge on any atom is 0.271 e. The first-order valence-electron chi connectivity index (χ1n) is 9.93. The van der Waals surface area contributed by atoms with Gasteiger partial charge in [0, 0.05) is 18.7 Å². The molecule has 0 bridgehead atoms. The lowest BCUT2D eigenvalue weighted by molar-refractivity contribution is -0.384. The van der Waals surface area contributed by atoms with Crippen LogP contribution in [-0.4, -0.2) is 31.3 Å². The lowest BCUT2D eigenvalue weighted by Gasteiger charge is -2.16. The van der Waals surface area contributed by atoms with E-state index < -0.39 is 11.0 Å².